The van der Waals surface area contributed by atoms with Gasteiger partial charge in [-0.2, -0.15) is 0 Å². The van der Waals surface area contributed by atoms with Crippen LogP contribution in [0.25, 0.3) is 0 Å². The van der Waals surface area contributed by atoms with Gasteiger partial charge in [0.05, 0.1) is 0 Å². The van der Waals surface area contributed by atoms with Gasteiger partial charge in [0, 0.05) is 25.2 Å². The third-order valence-electron chi connectivity index (χ3n) is 2.41. The van der Waals surface area contributed by atoms with E-state index >= 15 is 0 Å². The molecular weight excluding hydrogens is 208 g/mol. The molecule has 0 amide bonds. The van der Waals surface area contributed by atoms with Gasteiger partial charge in [0.15, 0.2) is 0 Å². The summed E-state index contributed by atoms with van der Waals surface area (Å²) in [6, 6.07) is 0. The summed E-state index contributed by atoms with van der Waals surface area (Å²) in [5, 5.41) is 0. The zero-order chi connectivity index (χ0) is 11.4. The van der Waals surface area contributed by atoms with E-state index in [9.17, 15) is 9.59 Å². The number of ether oxygens (including phenoxy) is 1. The Bertz CT molecular complexity index is 382. The van der Waals surface area contributed by atoms with E-state index in [0.717, 1.165) is 25.0 Å². The first-order chi connectivity index (χ1) is 7.79. The number of hydrogen-bond donors (Lipinski definition) is 0. The van der Waals surface area contributed by atoms with E-state index < -0.39 is 0 Å². The lowest BCUT2D eigenvalue weighted by Gasteiger charge is -2.06. The summed E-state index contributed by atoms with van der Waals surface area (Å²) in [6.45, 7) is 0.185. The largest absolute Gasteiger partial charge is 0.461 e. The maximum absolute atomic E-state index is 11.4. The average Bonchev–Trinajstić information content (AvgIpc) is 2.95. The maximum Gasteiger partial charge on any atom is 0.326 e. The molecule has 0 spiro atoms. The van der Waals surface area contributed by atoms with Crippen LogP contribution in [0.4, 0.5) is 0 Å². The van der Waals surface area contributed by atoms with Crippen LogP contribution in [-0.4, -0.2) is 27.9 Å². The number of aldehydes is 1. The molecule has 1 saturated carbocycles. The van der Waals surface area contributed by atoms with Crippen LogP contribution in [0.1, 0.15) is 25.1 Å². The van der Waals surface area contributed by atoms with Crippen LogP contribution < -0.4 is 0 Å². The van der Waals surface area contributed by atoms with Crippen molar-refractivity contribution in [3.05, 3.63) is 18.2 Å². The van der Waals surface area contributed by atoms with Gasteiger partial charge in [-0.05, 0) is 12.8 Å². The minimum atomic E-state index is -0.229. The normalized spacial score (nSPS) is 14.8. The molecule has 0 aromatic carbocycles. The van der Waals surface area contributed by atoms with E-state index in [1.807, 2.05) is 0 Å². The van der Waals surface area contributed by atoms with Crippen molar-refractivity contribution in [1.29, 1.82) is 0 Å². The SMILES string of the molecule is O=CCCc1nccn1CC(=O)OC1CC1. The van der Waals surface area contributed by atoms with E-state index in [1.165, 1.54) is 0 Å². The van der Waals surface area contributed by atoms with Crippen LogP contribution in [0.3, 0.4) is 0 Å². The number of hydrogen-bond acceptors (Lipinski definition) is 4. The molecule has 0 atom stereocenters. The fourth-order valence-electron chi connectivity index (χ4n) is 1.45. The highest BCUT2D eigenvalue weighted by Gasteiger charge is 2.26. The first-order valence-corrected chi connectivity index (χ1v) is 5.42. The van der Waals surface area contributed by atoms with Gasteiger partial charge >= 0.3 is 5.97 Å². The predicted octanol–water partition coefficient (Wildman–Crippen LogP) is 0.720. The Hall–Kier alpha value is -1.65. The molecule has 0 unspecified atom stereocenters. The molecule has 1 fully saturated rings. The Morgan fingerprint density at radius 1 is 1.62 bits per heavy atom. The predicted molar refractivity (Wildman–Crippen MR) is 55.7 cm³/mol. The van der Waals surface area contributed by atoms with Crippen molar-refractivity contribution in [3.63, 3.8) is 0 Å². The van der Waals surface area contributed by atoms with Crippen molar-refractivity contribution in [2.24, 2.45) is 0 Å². The zero-order valence-electron chi connectivity index (χ0n) is 8.96. The van der Waals surface area contributed by atoms with E-state index in [0.29, 0.717) is 12.8 Å². The fraction of sp³-hybridized carbons (Fsp3) is 0.545. The molecule has 0 aliphatic heterocycles. The molecule has 1 aromatic heterocycles. The van der Waals surface area contributed by atoms with Crippen LogP contribution in [0.15, 0.2) is 12.4 Å². The second kappa shape index (κ2) is 4.92. The molecule has 2 rings (SSSR count). The van der Waals surface area contributed by atoms with Gasteiger partial charge in [0.1, 0.15) is 24.8 Å². The number of esters is 1. The van der Waals surface area contributed by atoms with Crippen LogP contribution in [-0.2, 0) is 27.3 Å². The Morgan fingerprint density at radius 3 is 3.12 bits per heavy atom. The third-order valence-corrected chi connectivity index (χ3v) is 2.41. The molecule has 1 heterocycles. The lowest BCUT2D eigenvalue weighted by atomic mass is 10.3. The lowest BCUT2D eigenvalue weighted by Crippen LogP contribution is -2.16. The van der Waals surface area contributed by atoms with Crippen molar-refractivity contribution in [2.75, 3.05) is 0 Å². The maximum atomic E-state index is 11.4. The van der Waals surface area contributed by atoms with Crippen LogP contribution >= 0.6 is 0 Å². The molecular formula is C11H14N2O3. The highest BCUT2D eigenvalue weighted by atomic mass is 16.5. The standard InChI is InChI=1S/C11H14N2O3/c14-7-1-2-10-12-5-6-13(10)8-11(15)16-9-3-4-9/h5-7,9H,1-4,8H2. The summed E-state index contributed by atoms with van der Waals surface area (Å²) in [5.41, 5.74) is 0. The summed E-state index contributed by atoms with van der Waals surface area (Å²) in [6.07, 6.45) is 7.29. The van der Waals surface area contributed by atoms with Gasteiger partial charge in [-0.25, -0.2) is 4.98 Å². The summed E-state index contributed by atoms with van der Waals surface area (Å²) in [5.74, 6) is 0.521. The molecule has 1 aliphatic rings. The topological polar surface area (TPSA) is 61.2 Å². The minimum Gasteiger partial charge on any atom is -0.461 e. The third kappa shape index (κ3) is 2.92. The first kappa shape index (κ1) is 10.9. The van der Waals surface area contributed by atoms with Crippen molar-refractivity contribution in [2.45, 2.75) is 38.3 Å². The molecule has 0 saturated heterocycles. The molecule has 0 bridgehead atoms. The summed E-state index contributed by atoms with van der Waals surface area (Å²) >= 11 is 0. The summed E-state index contributed by atoms with van der Waals surface area (Å²) in [4.78, 5) is 25.8. The molecule has 1 aromatic rings. The van der Waals surface area contributed by atoms with Gasteiger partial charge in [0.25, 0.3) is 0 Å². The van der Waals surface area contributed by atoms with Gasteiger partial charge in [0.2, 0.25) is 0 Å². The molecule has 86 valence electrons. The highest BCUT2D eigenvalue weighted by molar-refractivity contribution is 5.69. The molecule has 5 heteroatoms. The van der Waals surface area contributed by atoms with E-state index in [4.69, 9.17) is 4.74 Å². The molecule has 0 N–H and O–H groups in total. The van der Waals surface area contributed by atoms with Crippen molar-refractivity contribution < 1.29 is 14.3 Å². The quantitative estimate of drug-likeness (QED) is 0.525. The second-order valence-corrected chi connectivity index (χ2v) is 3.87. The Morgan fingerprint density at radius 2 is 2.44 bits per heavy atom. The van der Waals surface area contributed by atoms with E-state index in [2.05, 4.69) is 4.98 Å². The van der Waals surface area contributed by atoms with Gasteiger partial charge in [-0.3, -0.25) is 4.79 Å². The average molecular weight is 222 g/mol. The van der Waals surface area contributed by atoms with Crippen molar-refractivity contribution in [3.8, 4) is 0 Å². The highest BCUT2D eigenvalue weighted by Crippen LogP contribution is 2.23. The van der Waals surface area contributed by atoms with E-state index in [1.54, 1.807) is 17.0 Å². The smallest absolute Gasteiger partial charge is 0.326 e. The molecule has 1 aliphatic carbocycles. The Labute approximate surface area is 93.4 Å². The second-order valence-electron chi connectivity index (χ2n) is 3.87. The number of nitrogens with zero attached hydrogens (tertiary/aromatic N) is 2. The van der Waals surface area contributed by atoms with E-state index in [-0.39, 0.29) is 18.6 Å². The fourth-order valence-corrected chi connectivity index (χ4v) is 1.45. The monoisotopic (exact) mass is 222 g/mol. The molecule has 0 radical (unpaired) electrons. The minimum absolute atomic E-state index is 0.134. The van der Waals surface area contributed by atoms with Gasteiger partial charge < -0.3 is 14.1 Å². The lowest BCUT2D eigenvalue weighted by molar-refractivity contribution is -0.145. The number of carbonyl (C=O) groups excluding carboxylic acids is 2. The van der Waals surface area contributed by atoms with Crippen molar-refractivity contribution >= 4 is 12.3 Å². The van der Waals surface area contributed by atoms with Crippen LogP contribution in [0.2, 0.25) is 0 Å². The number of imidazole rings is 1. The van der Waals surface area contributed by atoms with Gasteiger partial charge in [-0.1, -0.05) is 0 Å². The molecule has 5 nitrogen and oxygen atoms in total. The van der Waals surface area contributed by atoms with Crippen LogP contribution in [0.5, 0.6) is 0 Å². The summed E-state index contributed by atoms with van der Waals surface area (Å²) < 4.78 is 6.87. The summed E-state index contributed by atoms with van der Waals surface area (Å²) in [7, 11) is 0. The zero-order valence-corrected chi connectivity index (χ0v) is 8.96. The van der Waals surface area contributed by atoms with Gasteiger partial charge in [-0.15, -0.1) is 0 Å². The molecule has 16 heavy (non-hydrogen) atoms. The number of carbonyl (C=O) groups is 2. The first-order valence-electron chi connectivity index (χ1n) is 5.42. The van der Waals surface area contributed by atoms with Crippen molar-refractivity contribution in [1.82, 2.24) is 9.55 Å². The number of rotatable bonds is 6. The Balaban J connectivity index is 1.88. The van der Waals surface area contributed by atoms with Crippen LogP contribution in [0, 0.1) is 0 Å². The number of aromatic nitrogens is 2. The number of aryl methyl sites for hydroxylation is 1. The Kier molecular flexibility index (Phi) is 3.34.